The van der Waals surface area contributed by atoms with Crippen molar-refractivity contribution in [3.8, 4) is 0 Å². The van der Waals surface area contributed by atoms with Crippen LogP contribution < -0.4 is 5.32 Å². The number of nitrogens with one attached hydrogen (secondary N) is 1. The van der Waals surface area contributed by atoms with Crippen LogP contribution in [-0.2, 0) is 0 Å². The van der Waals surface area contributed by atoms with Crippen LogP contribution in [0.15, 0.2) is 42.6 Å². The van der Waals surface area contributed by atoms with E-state index in [-0.39, 0.29) is 5.91 Å². The summed E-state index contributed by atoms with van der Waals surface area (Å²) in [5.41, 5.74) is 5.11. The molecular formula is C24H28N4O. The summed E-state index contributed by atoms with van der Waals surface area (Å²) in [7, 11) is 0. The highest BCUT2D eigenvalue weighted by molar-refractivity contribution is 6.07. The van der Waals surface area contributed by atoms with Gasteiger partial charge in [0.25, 0.3) is 5.91 Å². The fraction of sp³-hybridized carbons (Fsp3) is 0.375. The van der Waals surface area contributed by atoms with Crippen molar-refractivity contribution in [1.29, 1.82) is 0 Å². The highest BCUT2D eigenvalue weighted by atomic mass is 16.2. The lowest BCUT2D eigenvalue weighted by molar-refractivity contribution is 0.0609. The van der Waals surface area contributed by atoms with Crippen LogP contribution in [0.5, 0.6) is 0 Å². The number of fused-ring (bicyclic) bond motifs is 1. The monoisotopic (exact) mass is 388 g/mol. The molecule has 0 unspecified atom stereocenters. The van der Waals surface area contributed by atoms with Crippen molar-refractivity contribution < 1.29 is 4.79 Å². The van der Waals surface area contributed by atoms with E-state index in [2.05, 4.69) is 41.3 Å². The average Bonchev–Trinajstić information content (AvgIpc) is 2.74. The van der Waals surface area contributed by atoms with E-state index >= 15 is 0 Å². The Bertz CT molecular complexity index is 1030. The molecule has 0 saturated carbocycles. The number of hydrogen-bond acceptors (Lipinski definition) is 4. The van der Waals surface area contributed by atoms with Gasteiger partial charge >= 0.3 is 0 Å². The number of likely N-dealkylation sites (tertiary alicyclic amines) is 1. The summed E-state index contributed by atoms with van der Waals surface area (Å²) in [6.07, 6.45) is 5.99. The first-order valence-corrected chi connectivity index (χ1v) is 10.5. The van der Waals surface area contributed by atoms with Gasteiger partial charge in [0.2, 0.25) is 0 Å². The molecule has 0 aliphatic carbocycles. The first-order chi connectivity index (χ1) is 14.1. The van der Waals surface area contributed by atoms with Crippen molar-refractivity contribution in [2.24, 2.45) is 0 Å². The van der Waals surface area contributed by atoms with Gasteiger partial charge in [-0.05, 0) is 63.8 Å². The molecule has 1 N–H and O–H groups in total. The number of rotatable bonds is 4. The van der Waals surface area contributed by atoms with E-state index in [1.54, 1.807) is 6.20 Å². The molecule has 29 heavy (non-hydrogen) atoms. The number of pyridine rings is 2. The quantitative estimate of drug-likeness (QED) is 0.650. The predicted molar refractivity (Wildman–Crippen MR) is 118 cm³/mol. The summed E-state index contributed by atoms with van der Waals surface area (Å²) >= 11 is 0. The van der Waals surface area contributed by atoms with Gasteiger partial charge in [0.05, 0.1) is 11.3 Å². The molecular weight excluding hydrogens is 360 g/mol. The van der Waals surface area contributed by atoms with Gasteiger partial charge in [-0.1, -0.05) is 24.6 Å². The summed E-state index contributed by atoms with van der Waals surface area (Å²) < 4.78 is 0. The Morgan fingerprint density at radius 1 is 1.14 bits per heavy atom. The Labute approximate surface area is 172 Å². The molecule has 150 valence electrons. The topological polar surface area (TPSA) is 58.1 Å². The first-order valence-electron chi connectivity index (χ1n) is 10.5. The number of hydrogen-bond donors (Lipinski definition) is 1. The minimum Gasteiger partial charge on any atom is -0.354 e. The highest BCUT2D eigenvalue weighted by Gasteiger charge is 2.28. The number of carbonyl (C=O) groups is 1. The van der Waals surface area contributed by atoms with Crippen LogP contribution in [-0.4, -0.2) is 33.4 Å². The summed E-state index contributed by atoms with van der Waals surface area (Å²) in [6.45, 7) is 6.99. The van der Waals surface area contributed by atoms with Crippen molar-refractivity contribution in [3.05, 3.63) is 59.4 Å². The molecule has 1 aliphatic heterocycles. The van der Waals surface area contributed by atoms with Gasteiger partial charge in [-0.3, -0.25) is 4.79 Å². The highest BCUT2D eigenvalue weighted by Crippen LogP contribution is 2.31. The largest absolute Gasteiger partial charge is 0.354 e. The molecule has 0 spiro atoms. The second kappa shape index (κ2) is 8.19. The van der Waals surface area contributed by atoms with Crippen LogP contribution in [0.4, 0.5) is 11.4 Å². The molecule has 0 bridgehead atoms. The van der Waals surface area contributed by atoms with Gasteiger partial charge in [-0.15, -0.1) is 0 Å². The molecule has 4 rings (SSSR count). The minimum absolute atomic E-state index is 0.0566. The van der Waals surface area contributed by atoms with Crippen LogP contribution in [0.1, 0.15) is 54.2 Å². The molecule has 1 saturated heterocycles. The van der Waals surface area contributed by atoms with E-state index in [0.29, 0.717) is 17.3 Å². The van der Waals surface area contributed by atoms with Crippen LogP contribution in [0.3, 0.4) is 0 Å². The van der Waals surface area contributed by atoms with Crippen molar-refractivity contribution in [2.75, 3.05) is 11.9 Å². The van der Waals surface area contributed by atoms with Gasteiger partial charge < -0.3 is 10.2 Å². The lowest BCUT2D eigenvalue weighted by atomic mass is 9.98. The zero-order valence-electron chi connectivity index (χ0n) is 17.4. The van der Waals surface area contributed by atoms with Crippen LogP contribution >= 0.6 is 0 Å². The Balaban J connectivity index is 1.81. The maximum atomic E-state index is 13.6. The molecule has 5 heteroatoms. The molecule has 1 aromatic carbocycles. The number of aromatic nitrogens is 2. The second-order valence-corrected chi connectivity index (χ2v) is 7.92. The molecule has 2 aromatic heterocycles. The van der Waals surface area contributed by atoms with Crippen molar-refractivity contribution in [3.63, 3.8) is 0 Å². The van der Waals surface area contributed by atoms with Gasteiger partial charge in [-0.2, -0.15) is 0 Å². The maximum Gasteiger partial charge on any atom is 0.257 e. The third-order valence-corrected chi connectivity index (χ3v) is 5.78. The number of benzene rings is 1. The average molecular weight is 389 g/mol. The Morgan fingerprint density at radius 3 is 2.69 bits per heavy atom. The SMILES string of the molecule is CC[C@H]1CCCCN1C(=O)c1cnc2nc(C)ccc2c1Nc1ccc(C)cc1. The summed E-state index contributed by atoms with van der Waals surface area (Å²) in [5.74, 6) is 0.0566. The number of piperidine rings is 1. The Morgan fingerprint density at radius 2 is 1.93 bits per heavy atom. The summed E-state index contributed by atoms with van der Waals surface area (Å²) in [5, 5.41) is 4.36. The number of anilines is 2. The molecule has 1 amide bonds. The lowest BCUT2D eigenvalue weighted by Crippen LogP contribution is -2.43. The second-order valence-electron chi connectivity index (χ2n) is 7.92. The van der Waals surface area contributed by atoms with Gasteiger partial charge in [0.15, 0.2) is 5.65 Å². The number of carbonyl (C=O) groups excluding carboxylic acids is 1. The number of amides is 1. The van der Waals surface area contributed by atoms with Gasteiger partial charge in [-0.25, -0.2) is 9.97 Å². The third-order valence-electron chi connectivity index (χ3n) is 5.78. The maximum absolute atomic E-state index is 13.6. The normalized spacial score (nSPS) is 16.8. The van der Waals surface area contributed by atoms with Crippen molar-refractivity contribution in [2.45, 2.75) is 52.5 Å². The standard InChI is InChI=1S/C24H28N4O/c1-4-19-7-5-6-14-28(19)24(29)21-15-25-23-20(13-10-17(3)26-23)22(21)27-18-11-8-16(2)9-12-18/h8-13,15,19H,4-7,14H2,1-3H3,(H,25,26,27)/t19-/m0/s1. The van der Waals surface area contributed by atoms with Crippen molar-refractivity contribution >= 4 is 28.3 Å². The lowest BCUT2D eigenvalue weighted by Gasteiger charge is -2.35. The van der Waals surface area contributed by atoms with E-state index in [9.17, 15) is 4.79 Å². The molecule has 1 atom stereocenters. The van der Waals surface area contributed by atoms with Gasteiger partial charge in [0.1, 0.15) is 0 Å². The van der Waals surface area contributed by atoms with Crippen LogP contribution in [0.2, 0.25) is 0 Å². The molecule has 5 nitrogen and oxygen atoms in total. The fourth-order valence-electron chi connectivity index (χ4n) is 4.10. The van der Waals surface area contributed by atoms with E-state index in [1.807, 2.05) is 36.1 Å². The molecule has 3 heterocycles. The zero-order chi connectivity index (χ0) is 20.4. The fourth-order valence-corrected chi connectivity index (χ4v) is 4.10. The number of aryl methyl sites for hydroxylation is 2. The molecule has 1 aliphatic rings. The zero-order valence-corrected chi connectivity index (χ0v) is 17.4. The Hall–Kier alpha value is -2.95. The predicted octanol–water partition coefficient (Wildman–Crippen LogP) is 5.39. The van der Waals surface area contributed by atoms with E-state index in [4.69, 9.17) is 0 Å². The van der Waals surface area contributed by atoms with E-state index in [0.717, 1.165) is 48.3 Å². The smallest absolute Gasteiger partial charge is 0.257 e. The summed E-state index contributed by atoms with van der Waals surface area (Å²) in [4.78, 5) is 24.7. The summed E-state index contributed by atoms with van der Waals surface area (Å²) in [6, 6.07) is 12.5. The molecule has 3 aromatic rings. The van der Waals surface area contributed by atoms with E-state index < -0.39 is 0 Å². The Kier molecular flexibility index (Phi) is 5.47. The molecule has 0 radical (unpaired) electrons. The van der Waals surface area contributed by atoms with Crippen molar-refractivity contribution in [1.82, 2.24) is 14.9 Å². The first kappa shape index (κ1) is 19.4. The van der Waals surface area contributed by atoms with Crippen LogP contribution in [0, 0.1) is 13.8 Å². The minimum atomic E-state index is 0.0566. The van der Waals surface area contributed by atoms with Crippen LogP contribution in [0.25, 0.3) is 11.0 Å². The third kappa shape index (κ3) is 3.95. The number of nitrogens with zero attached hydrogens (tertiary/aromatic N) is 3. The van der Waals surface area contributed by atoms with E-state index in [1.165, 1.54) is 12.0 Å². The molecule has 1 fully saturated rings. The van der Waals surface area contributed by atoms with Gasteiger partial charge in [0, 0.05) is 35.6 Å².